The fourth-order valence-electron chi connectivity index (χ4n) is 8.59. The third kappa shape index (κ3) is 48.2. The van der Waals surface area contributed by atoms with E-state index in [1.165, 1.54) is 50.7 Å². The molecule has 0 aliphatic rings. The summed E-state index contributed by atoms with van der Waals surface area (Å²) in [6, 6.07) is -4.58. The molecule has 94 heavy (non-hydrogen) atoms. The standard InChI is InChI=1S/C66H115N7O20Si/c1-11-36-90-61(81)29-27-25-23-21-19-17-15-14-16-18-20-22-24-26-28-56(75)70-52(65(85)92-38-13-3)31-33-57(76)71-51(64(84)91-37-12-2)30-32-55(74)67-34-39-86-41-43-88-48-58(77)68-35-40-87-42-44-89-49-59(78)72-53(45-50(4)5)63(83)73-54(62(82)69-46-60(79)80)47-93-94(9,10)66(6,7)8/h11-13,50-54H,1-3,14-49H2,4-10H3,(H,67,74)(H,68,77)(H,69,82)(H,70,75)(H,71,76)(H,72,78)(H,73,83)(H,79,80)/t51-,52-,53-,54-/m0/s1. The number of esters is 3. The topological polar surface area (TPSA) is 366 Å². The van der Waals surface area contributed by atoms with Gasteiger partial charge < -0.3 is 79.9 Å². The van der Waals surface area contributed by atoms with E-state index in [9.17, 15) is 52.7 Å². The molecule has 0 bridgehead atoms. The van der Waals surface area contributed by atoms with Crippen molar-refractivity contribution >= 4 is 73.5 Å². The average Bonchev–Trinajstić information content (AvgIpc) is 0.956. The Labute approximate surface area is 558 Å². The number of carbonyl (C=O) groups is 11. The maximum Gasteiger partial charge on any atom is 0.328 e. The van der Waals surface area contributed by atoms with Crippen LogP contribution < -0.4 is 37.2 Å². The molecule has 0 radical (unpaired) electrons. The summed E-state index contributed by atoms with van der Waals surface area (Å²) in [5, 5.41) is 27.0. The van der Waals surface area contributed by atoms with E-state index < -0.39 is 99.0 Å². The van der Waals surface area contributed by atoms with Crippen molar-refractivity contribution in [3.63, 3.8) is 0 Å². The summed E-state index contributed by atoms with van der Waals surface area (Å²) >= 11 is 0. The number of aliphatic carboxylic acids is 1. The molecule has 538 valence electrons. The minimum Gasteiger partial charge on any atom is -0.480 e. The van der Waals surface area contributed by atoms with Gasteiger partial charge in [-0.2, -0.15) is 0 Å². The lowest BCUT2D eigenvalue weighted by Gasteiger charge is -2.37. The molecule has 4 atom stereocenters. The van der Waals surface area contributed by atoms with Crippen molar-refractivity contribution in [3.05, 3.63) is 38.0 Å². The Morgan fingerprint density at radius 2 is 0.872 bits per heavy atom. The highest BCUT2D eigenvalue weighted by atomic mass is 28.4. The van der Waals surface area contributed by atoms with Crippen molar-refractivity contribution < 1.29 is 95.4 Å². The van der Waals surface area contributed by atoms with Gasteiger partial charge in [-0.1, -0.05) is 150 Å². The Hall–Kier alpha value is -6.59. The zero-order valence-electron chi connectivity index (χ0n) is 57.4. The summed E-state index contributed by atoms with van der Waals surface area (Å²) in [6.45, 7) is 23.7. The number of ether oxygens (including phenoxy) is 7. The molecular formula is C66H115N7O20Si. The lowest BCUT2D eigenvalue weighted by atomic mass is 10.0. The molecule has 0 saturated carbocycles. The number of unbranched alkanes of at least 4 members (excludes halogenated alkanes) is 13. The molecule has 0 unspecified atom stereocenters. The van der Waals surface area contributed by atoms with Crippen LogP contribution in [-0.4, -0.2) is 202 Å². The molecule has 0 spiro atoms. The number of hydrogen-bond acceptors (Lipinski definition) is 19. The van der Waals surface area contributed by atoms with Crippen LogP contribution in [0.4, 0.5) is 0 Å². The number of carboxylic acids is 1. The van der Waals surface area contributed by atoms with E-state index in [1.54, 1.807) is 6.08 Å². The van der Waals surface area contributed by atoms with Crippen molar-refractivity contribution in [1.82, 2.24) is 37.2 Å². The van der Waals surface area contributed by atoms with Gasteiger partial charge in [-0.25, -0.2) is 9.59 Å². The third-order valence-electron chi connectivity index (χ3n) is 14.8. The van der Waals surface area contributed by atoms with Gasteiger partial charge >= 0.3 is 23.9 Å². The molecule has 0 aliphatic heterocycles. The molecule has 0 aromatic carbocycles. The number of amides is 7. The Morgan fingerprint density at radius 3 is 1.34 bits per heavy atom. The summed E-state index contributed by atoms with van der Waals surface area (Å²) < 4.78 is 43.2. The van der Waals surface area contributed by atoms with Gasteiger partial charge in [0.1, 0.15) is 63.7 Å². The average molecular weight is 1350 g/mol. The smallest absolute Gasteiger partial charge is 0.328 e. The lowest BCUT2D eigenvalue weighted by molar-refractivity contribution is -0.148. The van der Waals surface area contributed by atoms with Crippen LogP contribution >= 0.6 is 0 Å². The first kappa shape index (κ1) is 87.4. The quantitative estimate of drug-likeness (QED) is 0.0123. The van der Waals surface area contributed by atoms with Crippen LogP contribution in [0.1, 0.15) is 169 Å². The summed E-state index contributed by atoms with van der Waals surface area (Å²) in [7, 11) is -2.37. The van der Waals surface area contributed by atoms with Crippen LogP contribution in [0, 0.1) is 5.92 Å². The molecule has 0 saturated heterocycles. The molecule has 0 aliphatic carbocycles. The van der Waals surface area contributed by atoms with E-state index in [0.717, 1.165) is 44.9 Å². The second-order valence-corrected chi connectivity index (χ2v) is 29.4. The zero-order valence-corrected chi connectivity index (χ0v) is 58.4. The lowest BCUT2D eigenvalue weighted by Crippen LogP contribution is -2.57. The number of carbonyl (C=O) groups excluding carboxylic acids is 10. The molecule has 7 amide bonds. The first-order valence-corrected chi connectivity index (χ1v) is 36.1. The van der Waals surface area contributed by atoms with Gasteiger partial charge in [0.05, 0.1) is 46.2 Å². The second-order valence-electron chi connectivity index (χ2n) is 24.6. The molecule has 27 nitrogen and oxygen atoms in total. The number of carboxylic acid groups (broad SMARTS) is 1. The van der Waals surface area contributed by atoms with Gasteiger partial charge in [0.15, 0.2) is 8.32 Å². The number of hydrogen-bond donors (Lipinski definition) is 8. The molecule has 0 heterocycles. The maximum atomic E-state index is 13.4. The van der Waals surface area contributed by atoms with Crippen molar-refractivity contribution in [2.75, 3.05) is 98.9 Å². The third-order valence-corrected chi connectivity index (χ3v) is 19.3. The zero-order chi connectivity index (χ0) is 70.4. The highest BCUT2D eigenvalue weighted by Gasteiger charge is 2.39. The number of nitrogens with one attached hydrogen (secondary N) is 7. The first-order valence-electron chi connectivity index (χ1n) is 33.2. The van der Waals surface area contributed by atoms with Gasteiger partial charge in [0.2, 0.25) is 41.4 Å². The van der Waals surface area contributed by atoms with Crippen molar-refractivity contribution in [3.8, 4) is 0 Å². The summed E-state index contributed by atoms with van der Waals surface area (Å²) in [6.07, 6.45) is 19.5. The predicted octanol–water partition coefficient (Wildman–Crippen LogP) is 5.48. The fourth-order valence-corrected chi connectivity index (χ4v) is 9.60. The van der Waals surface area contributed by atoms with Gasteiger partial charge in [0, 0.05) is 38.8 Å². The first-order chi connectivity index (χ1) is 44.8. The Morgan fingerprint density at radius 1 is 0.457 bits per heavy atom. The van der Waals surface area contributed by atoms with E-state index in [4.69, 9.17) is 42.7 Å². The van der Waals surface area contributed by atoms with Crippen LogP contribution in [0.5, 0.6) is 0 Å². The minimum absolute atomic E-state index is 0.0266. The number of rotatable bonds is 60. The maximum absolute atomic E-state index is 13.4. The SMILES string of the molecule is C=CCOC(=O)CCCCCCCCCCCCCCCCC(=O)N[C@@H](CCC(=O)N[C@@H](CCC(=O)NCCOCCOCC(=O)NCCOCCOCC(=O)N[C@@H](CC(C)C)C(=O)N[C@@H](CO[Si](C)(C)C(C)(C)C)C(=O)NCC(=O)O)C(=O)OCC=C)C(=O)OCC=C. The Bertz CT molecular complexity index is 2270. The van der Waals surface area contributed by atoms with Gasteiger partial charge in [-0.3, -0.25) is 43.2 Å². The summed E-state index contributed by atoms with van der Waals surface area (Å²) in [5.74, 6) is -6.74. The van der Waals surface area contributed by atoms with Crippen LogP contribution in [-0.2, 0) is 90.3 Å². The highest BCUT2D eigenvalue weighted by molar-refractivity contribution is 6.74. The van der Waals surface area contributed by atoms with Crippen molar-refractivity contribution in [1.29, 1.82) is 0 Å². The summed E-state index contributed by atoms with van der Waals surface area (Å²) in [5.41, 5.74) is 0. The van der Waals surface area contributed by atoms with E-state index >= 15 is 0 Å². The van der Waals surface area contributed by atoms with Crippen LogP contribution in [0.3, 0.4) is 0 Å². The van der Waals surface area contributed by atoms with E-state index in [1.807, 2.05) is 47.7 Å². The summed E-state index contributed by atoms with van der Waals surface area (Å²) in [4.78, 5) is 139. The van der Waals surface area contributed by atoms with Gasteiger partial charge in [0.25, 0.3) is 0 Å². The molecule has 0 fully saturated rings. The van der Waals surface area contributed by atoms with Crippen LogP contribution in [0.15, 0.2) is 38.0 Å². The van der Waals surface area contributed by atoms with E-state index in [0.29, 0.717) is 12.8 Å². The molecule has 0 aromatic heterocycles. The van der Waals surface area contributed by atoms with E-state index in [-0.39, 0.29) is 147 Å². The normalized spacial score (nSPS) is 12.6. The Balaban J connectivity index is 4.58. The minimum atomic E-state index is -2.37. The van der Waals surface area contributed by atoms with Gasteiger partial charge in [-0.05, 0) is 56.2 Å². The van der Waals surface area contributed by atoms with Crippen LogP contribution in [0.2, 0.25) is 18.1 Å². The molecule has 0 rings (SSSR count). The monoisotopic (exact) mass is 1350 g/mol. The Kier molecular flexibility index (Phi) is 50.8. The van der Waals surface area contributed by atoms with Crippen molar-refractivity contribution in [2.24, 2.45) is 5.92 Å². The molecular weight excluding hydrogens is 1240 g/mol. The second kappa shape index (κ2) is 54.6. The molecule has 0 aromatic rings. The van der Waals surface area contributed by atoms with E-state index in [2.05, 4.69) is 57.0 Å². The van der Waals surface area contributed by atoms with Crippen molar-refractivity contribution in [2.45, 2.75) is 212 Å². The highest BCUT2D eigenvalue weighted by Crippen LogP contribution is 2.36. The molecule has 8 N–H and O–H groups in total. The predicted molar refractivity (Wildman–Crippen MR) is 356 cm³/mol. The van der Waals surface area contributed by atoms with Gasteiger partial charge in [-0.15, -0.1) is 0 Å². The largest absolute Gasteiger partial charge is 0.480 e. The fraction of sp³-hybridized carbons (Fsp3) is 0.742. The van der Waals surface area contributed by atoms with Crippen LogP contribution in [0.25, 0.3) is 0 Å². The molecule has 28 heteroatoms.